The van der Waals surface area contributed by atoms with E-state index < -0.39 is 23.6 Å². The molecule has 0 aromatic heterocycles. The van der Waals surface area contributed by atoms with Gasteiger partial charge in [0, 0.05) is 0 Å². The highest BCUT2D eigenvalue weighted by atomic mass is 16.7. The first kappa shape index (κ1) is 14.4. The molecule has 19 heavy (non-hydrogen) atoms. The van der Waals surface area contributed by atoms with Crippen LogP contribution in [0.15, 0.2) is 35.5 Å². The smallest absolute Gasteiger partial charge is 0.367 e. The lowest BCUT2D eigenvalue weighted by Crippen LogP contribution is -2.27. The van der Waals surface area contributed by atoms with Crippen molar-refractivity contribution >= 4 is 23.6 Å². The zero-order chi connectivity index (χ0) is 14.3. The minimum absolute atomic E-state index is 0.223. The van der Waals surface area contributed by atoms with Crippen LogP contribution >= 0.6 is 0 Å². The first-order valence-corrected chi connectivity index (χ1v) is 5.11. The molecule has 0 saturated heterocycles. The van der Waals surface area contributed by atoms with Crippen LogP contribution in [0.3, 0.4) is 0 Å². The summed E-state index contributed by atoms with van der Waals surface area (Å²) in [4.78, 5) is 38.5. The Hall–Kier alpha value is -2.70. The number of rotatable bonds is 4. The van der Waals surface area contributed by atoms with Crippen LogP contribution in [0.1, 0.15) is 10.4 Å². The second-order valence-electron chi connectivity index (χ2n) is 3.17. The third kappa shape index (κ3) is 3.91. The molecule has 0 aliphatic carbocycles. The minimum Gasteiger partial charge on any atom is -0.464 e. The standard InChI is InChI=1S/C12H11NO6/c1-17-11(15)9(12(16)18-2)13-19-10(14)8-6-4-3-5-7-8/h3-7H,1-2H3. The fraction of sp³-hybridized carbons (Fsp3) is 0.167. The average Bonchev–Trinajstić information content (AvgIpc) is 2.47. The van der Waals surface area contributed by atoms with E-state index in [4.69, 9.17) is 0 Å². The summed E-state index contributed by atoms with van der Waals surface area (Å²) in [5.41, 5.74) is -0.533. The molecule has 0 N–H and O–H groups in total. The zero-order valence-corrected chi connectivity index (χ0v) is 10.3. The molecule has 0 radical (unpaired) electrons. The molecule has 100 valence electrons. The Labute approximate surface area is 108 Å². The Balaban J connectivity index is 2.84. The Morgan fingerprint density at radius 3 is 1.95 bits per heavy atom. The highest BCUT2D eigenvalue weighted by molar-refractivity contribution is 6.62. The molecule has 0 unspecified atom stereocenters. The number of carbonyl (C=O) groups excluding carboxylic acids is 3. The summed E-state index contributed by atoms with van der Waals surface area (Å²) >= 11 is 0. The average molecular weight is 265 g/mol. The van der Waals surface area contributed by atoms with E-state index in [1.54, 1.807) is 18.2 Å². The molecule has 7 nitrogen and oxygen atoms in total. The molecule has 1 aromatic rings. The van der Waals surface area contributed by atoms with Gasteiger partial charge < -0.3 is 14.3 Å². The lowest BCUT2D eigenvalue weighted by atomic mass is 10.2. The summed E-state index contributed by atoms with van der Waals surface area (Å²) in [5, 5.41) is 3.16. The lowest BCUT2D eigenvalue weighted by Gasteiger charge is -2.02. The number of hydrogen-bond donors (Lipinski definition) is 0. The summed E-state index contributed by atoms with van der Waals surface area (Å²) in [6.07, 6.45) is 0. The van der Waals surface area contributed by atoms with Crippen molar-refractivity contribution < 1.29 is 28.7 Å². The normalized spacial score (nSPS) is 9.16. The van der Waals surface area contributed by atoms with Crippen LogP contribution in [-0.4, -0.2) is 37.8 Å². The number of esters is 2. The molecule has 0 aliphatic heterocycles. The van der Waals surface area contributed by atoms with Crippen molar-refractivity contribution in [1.29, 1.82) is 0 Å². The number of carbonyl (C=O) groups is 3. The van der Waals surface area contributed by atoms with Gasteiger partial charge in [-0.2, -0.15) is 0 Å². The number of nitrogens with zero attached hydrogens (tertiary/aromatic N) is 1. The van der Waals surface area contributed by atoms with E-state index in [0.29, 0.717) is 0 Å². The molecule has 0 fully saturated rings. The van der Waals surface area contributed by atoms with E-state index >= 15 is 0 Å². The van der Waals surface area contributed by atoms with Crippen LogP contribution in [0.2, 0.25) is 0 Å². The SMILES string of the molecule is COC(=O)C(=NOC(=O)c1ccccc1)C(=O)OC. The van der Waals surface area contributed by atoms with Crippen LogP contribution in [-0.2, 0) is 23.9 Å². The number of ether oxygens (including phenoxy) is 2. The maximum atomic E-state index is 11.5. The third-order valence-corrected chi connectivity index (χ3v) is 1.99. The molecule has 1 aromatic carbocycles. The van der Waals surface area contributed by atoms with Crippen LogP contribution in [0.25, 0.3) is 0 Å². The molecule has 0 spiro atoms. The first-order chi connectivity index (χ1) is 9.10. The Kier molecular flexibility index (Phi) is 5.21. The van der Waals surface area contributed by atoms with Gasteiger partial charge in [-0.15, -0.1) is 0 Å². The fourth-order valence-electron chi connectivity index (χ4n) is 1.07. The number of benzene rings is 1. The van der Waals surface area contributed by atoms with Gasteiger partial charge >= 0.3 is 17.9 Å². The number of methoxy groups -OCH3 is 2. The maximum absolute atomic E-state index is 11.5. The number of oxime groups is 1. The quantitative estimate of drug-likeness (QED) is 0.259. The van der Waals surface area contributed by atoms with E-state index in [2.05, 4.69) is 19.5 Å². The lowest BCUT2D eigenvalue weighted by molar-refractivity contribution is -0.138. The van der Waals surface area contributed by atoms with E-state index in [-0.39, 0.29) is 5.56 Å². The molecule has 0 bridgehead atoms. The van der Waals surface area contributed by atoms with Crippen LogP contribution < -0.4 is 0 Å². The number of hydrogen-bond acceptors (Lipinski definition) is 7. The maximum Gasteiger partial charge on any atom is 0.367 e. The molecular formula is C12H11NO6. The van der Waals surface area contributed by atoms with Crippen molar-refractivity contribution in [3.63, 3.8) is 0 Å². The second-order valence-corrected chi connectivity index (χ2v) is 3.17. The Morgan fingerprint density at radius 2 is 1.47 bits per heavy atom. The summed E-state index contributed by atoms with van der Waals surface area (Å²) < 4.78 is 8.62. The van der Waals surface area contributed by atoms with Gasteiger partial charge in [0.15, 0.2) is 0 Å². The van der Waals surface area contributed by atoms with Gasteiger partial charge in [-0.25, -0.2) is 14.4 Å². The summed E-state index contributed by atoms with van der Waals surface area (Å²) in [5.74, 6) is -2.94. The Bertz CT molecular complexity index is 490. The van der Waals surface area contributed by atoms with Gasteiger partial charge in [0.2, 0.25) is 0 Å². The molecule has 0 atom stereocenters. The van der Waals surface area contributed by atoms with Crippen molar-refractivity contribution in [2.75, 3.05) is 14.2 Å². The van der Waals surface area contributed by atoms with Crippen LogP contribution in [0.5, 0.6) is 0 Å². The van der Waals surface area contributed by atoms with E-state index in [0.717, 1.165) is 14.2 Å². The van der Waals surface area contributed by atoms with E-state index in [1.165, 1.54) is 12.1 Å². The van der Waals surface area contributed by atoms with Gasteiger partial charge in [0.1, 0.15) is 0 Å². The monoisotopic (exact) mass is 265 g/mol. The largest absolute Gasteiger partial charge is 0.464 e. The predicted octanol–water partition coefficient (Wildman–Crippen LogP) is 0.545. The van der Waals surface area contributed by atoms with E-state index in [1.807, 2.05) is 0 Å². The highest BCUT2D eigenvalue weighted by Crippen LogP contribution is 2.02. The molecule has 7 heteroatoms. The minimum atomic E-state index is -1.06. The van der Waals surface area contributed by atoms with Crippen molar-refractivity contribution in [3.8, 4) is 0 Å². The second kappa shape index (κ2) is 6.90. The summed E-state index contributed by atoms with van der Waals surface area (Å²) in [6, 6.07) is 7.96. The molecule has 0 heterocycles. The van der Waals surface area contributed by atoms with Gasteiger partial charge in [0.25, 0.3) is 5.71 Å². The van der Waals surface area contributed by atoms with E-state index in [9.17, 15) is 14.4 Å². The van der Waals surface area contributed by atoms with Crippen molar-refractivity contribution in [2.45, 2.75) is 0 Å². The molecule has 0 saturated carbocycles. The van der Waals surface area contributed by atoms with Gasteiger partial charge in [-0.05, 0) is 12.1 Å². The van der Waals surface area contributed by atoms with Crippen molar-refractivity contribution in [2.24, 2.45) is 5.16 Å². The van der Waals surface area contributed by atoms with Crippen molar-refractivity contribution in [1.82, 2.24) is 0 Å². The van der Waals surface area contributed by atoms with Crippen LogP contribution in [0.4, 0.5) is 0 Å². The summed E-state index contributed by atoms with van der Waals surface area (Å²) in [6.45, 7) is 0. The zero-order valence-electron chi connectivity index (χ0n) is 10.3. The molecule has 0 amide bonds. The molecule has 1 rings (SSSR count). The molecule has 0 aliphatic rings. The topological polar surface area (TPSA) is 91.3 Å². The molecular weight excluding hydrogens is 254 g/mol. The van der Waals surface area contributed by atoms with Crippen LogP contribution in [0, 0.1) is 0 Å². The fourth-order valence-corrected chi connectivity index (χ4v) is 1.07. The van der Waals surface area contributed by atoms with Gasteiger partial charge in [-0.1, -0.05) is 23.4 Å². The Morgan fingerprint density at radius 1 is 0.947 bits per heavy atom. The van der Waals surface area contributed by atoms with Crippen molar-refractivity contribution in [3.05, 3.63) is 35.9 Å². The van der Waals surface area contributed by atoms with Gasteiger partial charge in [0.05, 0.1) is 19.8 Å². The summed E-state index contributed by atoms with van der Waals surface area (Å²) in [7, 11) is 2.11. The third-order valence-electron chi connectivity index (χ3n) is 1.99. The highest BCUT2D eigenvalue weighted by Gasteiger charge is 2.24. The van der Waals surface area contributed by atoms with Gasteiger partial charge in [-0.3, -0.25) is 0 Å². The predicted molar refractivity (Wildman–Crippen MR) is 63.3 cm³/mol. The first-order valence-electron chi connectivity index (χ1n) is 5.11.